The molecule has 5 heteroatoms. The van der Waals surface area contributed by atoms with E-state index in [2.05, 4.69) is 21.2 Å². The molecule has 0 heterocycles. The minimum Gasteiger partial charge on any atom is -0.481 e. The van der Waals surface area contributed by atoms with Crippen molar-refractivity contribution in [2.45, 2.75) is 26.3 Å². The lowest BCUT2D eigenvalue weighted by atomic mass is 10.0. The summed E-state index contributed by atoms with van der Waals surface area (Å²) in [6.07, 6.45) is 0.234. The highest BCUT2D eigenvalue weighted by Gasteiger charge is 2.21. The van der Waals surface area contributed by atoms with Gasteiger partial charge >= 0.3 is 5.97 Å². The maximum absolute atomic E-state index is 11.8. The standard InChI is InChI=1S/C13H16BrNO3/c1-8(13(17)18)9(2)15-12(16)7-10-5-3-4-6-11(10)14/h3-6,8-9H,7H2,1-2H3,(H,15,16)(H,17,18). The van der Waals surface area contributed by atoms with E-state index in [1.807, 2.05) is 24.3 Å². The Labute approximate surface area is 115 Å². The molecule has 0 saturated carbocycles. The molecule has 2 unspecified atom stereocenters. The van der Waals surface area contributed by atoms with Gasteiger partial charge in [-0.25, -0.2) is 0 Å². The lowest BCUT2D eigenvalue weighted by Crippen LogP contribution is -2.40. The molecule has 1 aromatic carbocycles. The average Bonchev–Trinajstić information content (AvgIpc) is 2.30. The van der Waals surface area contributed by atoms with Gasteiger partial charge in [0.05, 0.1) is 12.3 Å². The van der Waals surface area contributed by atoms with Gasteiger partial charge in [0, 0.05) is 10.5 Å². The van der Waals surface area contributed by atoms with E-state index >= 15 is 0 Å². The summed E-state index contributed by atoms with van der Waals surface area (Å²) >= 11 is 3.37. The van der Waals surface area contributed by atoms with Crippen LogP contribution in [-0.2, 0) is 16.0 Å². The maximum atomic E-state index is 11.8. The van der Waals surface area contributed by atoms with Crippen LogP contribution in [0.2, 0.25) is 0 Å². The van der Waals surface area contributed by atoms with Crippen molar-refractivity contribution < 1.29 is 14.7 Å². The highest BCUT2D eigenvalue weighted by molar-refractivity contribution is 9.10. The van der Waals surface area contributed by atoms with Crippen molar-refractivity contribution in [3.8, 4) is 0 Å². The second-order valence-electron chi connectivity index (χ2n) is 4.25. The third kappa shape index (κ3) is 4.14. The molecule has 0 bridgehead atoms. The third-order valence-corrected chi connectivity index (χ3v) is 3.61. The number of carbonyl (C=O) groups is 2. The summed E-state index contributed by atoms with van der Waals surface area (Å²) in [6.45, 7) is 3.27. The van der Waals surface area contributed by atoms with Gasteiger partial charge < -0.3 is 10.4 Å². The van der Waals surface area contributed by atoms with Crippen molar-refractivity contribution in [3.05, 3.63) is 34.3 Å². The molecule has 1 aromatic rings. The summed E-state index contributed by atoms with van der Waals surface area (Å²) in [6, 6.07) is 7.07. The number of hydrogen-bond donors (Lipinski definition) is 2. The minimum atomic E-state index is -0.913. The molecule has 98 valence electrons. The number of aliphatic carboxylic acids is 1. The maximum Gasteiger partial charge on any atom is 0.308 e. The summed E-state index contributed by atoms with van der Waals surface area (Å²) in [5, 5.41) is 11.5. The molecule has 0 saturated heterocycles. The van der Waals surface area contributed by atoms with Crippen molar-refractivity contribution in [1.29, 1.82) is 0 Å². The number of carboxylic acids is 1. The Morgan fingerprint density at radius 1 is 1.33 bits per heavy atom. The molecule has 0 aliphatic carbocycles. The normalized spacial score (nSPS) is 13.7. The van der Waals surface area contributed by atoms with Gasteiger partial charge in [0.15, 0.2) is 0 Å². The molecule has 0 aliphatic rings. The SMILES string of the molecule is CC(NC(=O)Cc1ccccc1Br)C(C)C(=O)O. The Bertz CT molecular complexity index is 448. The van der Waals surface area contributed by atoms with Crippen molar-refractivity contribution in [2.75, 3.05) is 0 Å². The molecule has 1 rings (SSSR count). The van der Waals surface area contributed by atoms with E-state index < -0.39 is 17.9 Å². The van der Waals surface area contributed by atoms with Gasteiger partial charge in [-0.05, 0) is 25.5 Å². The van der Waals surface area contributed by atoms with Crippen molar-refractivity contribution in [3.63, 3.8) is 0 Å². The molecule has 1 amide bonds. The van der Waals surface area contributed by atoms with E-state index in [0.717, 1.165) is 10.0 Å². The number of benzene rings is 1. The zero-order valence-corrected chi connectivity index (χ0v) is 11.9. The third-order valence-electron chi connectivity index (χ3n) is 2.84. The fourth-order valence-electron chi connectivity index (χ4n) is 1.46. The Morgan fingerprint density at radius 2 is 1.94 bits per heavy atom. The Morgan fingerprint density at radius 3 is 2.50 bits per heavy atom. The van der Waals surface area contributed by atoms with E-state index in [9.17, 15) is 9.59 Å². The van der Waals surface area contributed by atoms with Gasteiger partial charge in [0.1, 0.15) is 0 Å². The predicted molar refractivity (Wildman–Crippen MR) is 72.3 cm³/mol. The number of hydrogen-bond acceptors (Lipinski definition) is 2. The van der Waals surface area contributed by atoms with Crippen LogP contribution in [0, 0.1) is 5.92 Å². The average molecular weight is 314 g/mol. The molecular weight excluding hydrogens is 298 g/mol. The van der Waals surface area contributed by atoms with Crippen LogP contribution < -0.4 is 5.32 Å². The van der Waals surface area contributed by atoms with Gasteiger partial charge in [0.2, 0.25) is 5.91 Å². The monoisotopic (exact) mass is 313 g/mol. The van der Waals surface area contributed by atoms with Gasteiger partial charge in [-0.1, -0.05) is 34.1 Å². The largest absolute Gasteiger partial charge is 0.481 e. The molecule has 0 aromatic heterocycles. The fourth-order valence-corrected chi connectivity index (χ4v) is 1.88. The van der Waals surface area contributed by atoms with Crippen LogP contribution in [0.4, 0.5) is 0 Å². The first-order valence-corrected chi connectivity index (χ1v) is 6.46. The van der Waals surface area contributed by atoms with E-state index in [1.165, 1.54) is 0 Å². The number of halogens is 1. The summed E-state index contributed by atoms with van der Waals surface area (Å²) in [5.41, 5.74) is 0.880. The Balaban J connectivity index is 2.57. The minimum absolute atomic E-state index is 0.178. The Kier molecular flexibility index (Phi) is 5.34. The van der Waals surface area contributed by atoms with Crippen molar-refractivity contribution >= 4 is 27.8 Å². The van der Waals surface area contributed by atoms with Gasteiger partial charge in [-0.2, -0.15) is 0 Å². The van der Waals surface area contributed by atoms with Crippen LogP contribution in [0.3, 0.4) is 0 Å². The molecule has 2 atom stereocenters. The van der Waals surface area contributed by atoms with Crippen LogP contribution in [0.25, 0.3) is 0 Å². The summed E-state index contributed by atoms with van der Waals surface area (Å²) in [4.78, 5) is 22.6. The van der Waals surface area contributed by atoms with Crippen molar-refractivity contribution in [2.24, 2.45) is 5.92 Å². The second-order valence-corrected chi connectivity index (χ2v) is 5.11. The fraction of sp³-hybridized carbons (Fsp3) is 0.385. The second kappa shape index (κ2) is 6.54. The molecule has 0 fully saturated rings. The summed E-state index contributed by atoms with van der Waals surface area (Å²) in [7, 11) is 0. The van der Waals surface area contributed by atoms with E-state index in [1.54, 1.807) is 13.8 Å². The lowest BCUT2D eigenvalue weighted by molar-refractivity contribution is -0.142. The number of rotatable bonds is 5. The first-order chi connectivity index (χ1) is 8.41. The highest BCUT2D eigenvalue weighted by Crippen LogP contribution is 2.16. The van der Waals surface area contributed by atoms with Crippen LogP contribution >= 0.6 is 15.9 Å². The molecule has 0 spiro atoms. The zero-order valence-electron chi connectivity index (χ0n) is 10.3. The molecule has 2 N–H and O–H groups in total. The smallest absolute Gasteiger partial charge is 0.308 e. The molecule has 0 radical (unpaired) electrons. The van der Waals surface area contributed by atoms with Gasteiger partial charge in [-0.15, -0.1) is 0 Å². The quantitative estimate of drug-likeness (QED) is 0.876. The van der Waals surface area contributed by atoms with Crippen LogP contribution in [-0.4, -0.2) is 23.0 Å². The Hall–Kier alpha value is -1.36. The van der Waals surface area contributed by atoms with Gasteiger partial charge in [-0.3, -0.25) is 9.59 Å². The first kappa shape index (κ1) is 14.7. The number of nitrogens with one attached hydrogen (secondary N) is 1. The zero-order chi connectivity index (χ0) is 13.7. The number of carboxylic acid groups (broad SMARTS) is 1. The van der Waals surface area contributed by atoms with Crippen LogP contribution in [0.15, 0.2) is 28.7 Å². The van der Waals surface area contributed by atoms with E-state index in [-0.39, 0.29) is 12.3 Å². The van der Waals surface area contributed by atoms with E-state index in [0.29, 0.717) is 0 Å². The van der Waals surface area contributed by atoms with Crippen LogP contribution in [0.1, 0.15) is 19.4 Å². The molecular formula is C13H16BrNO3. The topological polar surface area (TPSA) is 66.4 Å². The summed E-state index contributed by atoms with van der Waals surface area (Å²) < 4.78 is 0.874. The summed E-state index contributed by atoms with van der Waals surface area (Å²) in [5.74, 6) is -1.70. The first-order valence-electron chi connectivity index (χ1n) is 5.67. The molecule has 4 nitrogen and oxygen atoms in total. The highest BCUT2D eigenvalue weighted by atomic mass is 79.9. The molecule has 18 heavy (non-hydrogen) atoms. The number of carbonyl (C=O) groups excluding carboxylic acids is 1. The number of amides is 1. The molecule has 0 aliphatic heterocycles. The van der Waals surface area contributed by atoms with Gasteiger partial charge in [0.25, 0.3) is 0 Å². The van der Waals surface area contributed by atoms with E-state index in [4.69, 9.17) is 5.11 Å². The van der Waals surface area contributed by atoms with Crippen LogP contribution in [0.5, 0.6) is 0 Å². The van der Waals surface area contributed by atoms with Crippen molar-refractivity contribution in [1.82, 2.24) is 5.32 Å². The predicted octanol–water partition coefficient (Wildman–Crippen LogP) is 2.22. The lowest BCUT2D eigenvalue weighted by Gasteiger charge is -2.17.